The van der Waals surface area contributed by atoms with Crippen molar-refractivity contribution in [3.63, 3.8) is 0 Å². The lowest BCUT2D eigenvalue weighted by Crippen LogP contribution is -2.38. The number of hydrogen-bond donors (Lipinski definition) is 1. The number of anilines is 1. The van der Waals surface area contributed by atoms with Crippen LogP contribution >= 0.6 is 0 Å². The molecule has 0 aliphatic carbocycles. The number of hydrogen-bond acceptors (Lipinski definition) is 3. The van der Waals surface area contributed by atoms with E-state index in [4.69, 9.17) is 5.10 Å². The van der Waals surface area contributed by atoms with Crippen LogP contribution in [0.25, 0.3) is 5.69 Å². The Labute approximate surface area is 215 Å². The molecule has 198 valence electrons. The van der Waals surface area contributed by atoms with Crippen molar-refractivity contribution in [2.75, 3.05) is 18.4 Å². The number of nitrogens with zero attached hydrogens (tertiary/aromatic N) is 3. The van der Waals surface area contributed by atoms with Crippen LogP contribution in [0.5, 0.6) is 0 Å². The molecule has 0 fully saturated rings. The summed E-state index contributed by atoms with van der Waals surface area (Å²) in [5, 5.41) is 7.65. The van der Waals surface area contributed by atoms with Gasteiger partial charge in [-0.1, -0.05) is 39.8 Å². The number of rotatable bonds is 7. The van der Waals surface area contributed by atoms with Crippen LogP contribution in [-0.4, -0.2) is 39.6 Å². The molecular weight excluding hydrogens is 481 g/mol. The number of nitrogens with one attached hydrogen (secondary N) is 1. The maximum atomic E-state index is 13.1. The lowest BCUT2D eigenvalue weighted by atomic mass is 9.92. The molecule has 0 saturated heterocycles. The van der Waals surface area contributed by atoms with Gasteiger partial charge in [0.2, 0.25) is 5.91 Å². The van der Waals surface area contributed by atoms with Crippen molar-refractivity contribution in [2.45, 2.75) is 59.6 Å². The van der Waals surface area contributed by atoms with Crippen molar-refractivity contribution in [3.05, 3.63) is 76.5 Å². The van der Waals surface area contributed by atoms with E-state index in [1.54, 1.807) is 4.68 Å². The molecule has 0 radical (unpaired) electrons. The van der Waals surface area contributed by atoms with Crippen LogP contribution < -0.4 is 5.32 Å². The molecule has 0 saturated carbocycles. The fraction of sp³-hybridized carbons (Fsp3) is 0.393. The fourth-order valence-corrected chi connectivity index (χ4v) is 3.85. The predicted octanol–water partition coefficient (Wildman–Crippen LogP) is 6.30. The van der Waals surface area contributed by atoms with E-state index >= 15 is 0 Å². The molecule has 9 heteroatoms. The number of aromatic nitrogens is 2. The van der Waals surface area contributed by atoms with Crippen LogP contribution in [0.15, 0.2) is 48.5 Å². The van der Waals surface area contributed by atoms with E-state index in [1.165, 1.54) is 4.90 Å². The van der Waals surface area contributed by atoms with E-state index in [-0.39, 0.29) is 24.1 Å². The van der Waals surface area contributed by atoms with Gasteiger partial charge in [0.1, 0.15) is 12.4 Å². The fourth-order valence-electron chi connectivity index (χ4n) is 3.85. The summed E-state index contributed by atoms with van der Waals surface area (Å²) in [5.74, 6) is -0.466. The van der Waals surface area contributed by atoms with Gasteiger partial charge in [-0.15, -0.1) is 0 Å². The van der Waals surface area contributed by atoms with Gasteiger partial charge < -0.3 is 10.2 Å². The molecule has 3 rings (SSSR count). The average Bonchev–Trinajstić information content (AvgIpc) is 3.23. The van der Waals surface area contributed by atoms with E-state index in [1.807, 2.05) is 65.8 Å². The highest BCUT2D eigenvalue weighted by Crippen LogP contribution is 2.30. The van der Waals surface area contributed by atoms with Crippen molar-refractivity contribution in [1.29, 1.82) is 0 Å². The highest BCUT2D eigenvalue weighted by Gasteiger charge is 2.30. The number of amides is 2. The molecule has 2 aromatic carbocycles. The topological polar surface area (TPSA) is 67.2 Å². The lowest BCUT2D eigenvalue weighted by Gasteiger charge is -2.22. The molecule has 0 unspecified atom stereocenters. The predicted molar refractivity (Wildman–Crippen MR) is 138 cm³/mol. The van der Waals surface area contributed by atoms with Gasteiger partial charge in [0.25, 0.3) is 5.91 Å². The molecule has 1 heterocycles. The first kappa shape index (κ1) is 28.0. The summed E-state index contributed by atoms with van der Waals surface area (Å²) in [6.07, 6.45) is -3.91. The zero-order valence-electron chi connectivity index (χ0n) is 22.0. The molecule has 37 heavy (non-hydrogen) atoms. The second kappa shape index (κ2) is 10.8. The Morgan fingerprint density at radius 1 is 1.03 bits per heavy atom. The second-order valence-electron chi connectivity index (χ2n) is 10.1. The first-order valence-corrected chi connectivity index (χ1v) is 12.2. The van der Waals surface area contributed by atoms with Gasteiger partial charge in [0.05, 0.1) is 16.9 Å². The van der Waals surface area contributed by atoms with E-state index in [2.05, 4.69) is 5.32 Å². The summed E-state index contributed by atoms with van der Waals surface area (Å²) in [7, 11) is 0. The number of benzene rings is 2. The van der Waals surface area contributed by atoms with Gasteiger partial charge in [-0.25, -0.2) is 4.68 Å². The minimum Gasteiger partial charge on any atom is -0.329 e. The Bertz CT molecular complexity index is 1270. The Morgan fingerprint density at radius 2 is 1.68 bits per heavy atom. The third-order valence-corrected chi connectivity index (χ3v) is 6.12. The third kappa shape index (κ3) is 6.58. The van der Waals surface area contributed by atoms with Gasteiger partial charge >= 0.3 is 6.18 Å². The van der Waals surface area contributed by atoms with Crippen molar-refractivity contribution in [2.24, 2.45) is 0 Å². The molecule has 2 amide bonds. The molecule has 0 aliphatic rings. The van der Waals surface area contributed by atoms with Crippen molar-refractivity contribution in [3.8, 4) is 5.69 Å². The molecule has 0 spiro atoms. The molecule has 0 bridgehead atoms. The Hall–Kier alpha value is -3.62. The Kier molecular flexibility index (Phi) is 8.15. The van der Waals surface area contributed by atoms with Crippen LogP contribution in [0, 0.1) is 13.8 Å². The minimum absolute atomic E-state index is 0.0877. The van der Waals surface area contributed by atoms with Crippen LogP contribution in [0.2, 0.25) is 0 Å². The maximum absolute atomic E-state index is 13.1. The zero-order chi connectivity index (χ0) is 27.5. The normalized spacial score (nSPS) is 11.9. The smallest absolute Gasteiger partial charge is 0.329 e. The highest BCUT2D eigenvalue weighted by molar-refractivity contribution is 5.99. The first-order chi connectivity index (χ1) is 17.2. The molecule has 1 aromatic heterocycles. The lowest BCUT2D eigenvalue weighted by molar-refractivity contribution is -0.137. The zero-order valence-corrected chi connectivity index (χ0v) is 22.0. The third-order valence-electron chi connectivity index (χ3n) is 6.12. The van der Waals surface area contributed by atoms with Crippen LogP contribution in [0.1, 0.15) is 66.9 Å². The van der Waals surface area contributed by atoms with Crippen LogP contribution in [0.4, 0.5) is 19.0 Å². The summed E-state index contributed by atoms with van der Waals surface area (Å²) in [5.41, 5.74) is 2.70. The number of carbonyl (C=O) groups excluding carboxylic acids is 2. The highest BCUT2D eigenvalue weighted by atomic mass is 19.4. The summed E-state index contributed by atoms with van der Waals surface area (Å²) >= 11 is 0. The molecule has 0 aliphatic heterocycles. The SMILES string of the molecule is CCCN(CC(=O)Nc1cc(C(C)(C)C)nn1-c1cccc(C)c1C)C(=O)c1ccc(C(F)(F)F)cc1. The van der Waals surface area contributed by atoms with Gasteiger partial charge in [-0.2, -0.15) is 18.3 Å². The van der Waals surface area contributed by atoms with E-state index in [9.17, 15) is 22.8 Å². The Morgan fingerprint density at radius 3 is 2.24 bits per heavy atom. The Balaban J connectivity index is 1.87. The molecule has 3 aromatic rings. The summed E-state index contributed by atoms with van der Waals surface area (Å²) in [4.78, 5) is 27.5. The van der Waals surface area contributed by atoms with Crippen molar-refractivity contribution in [1.82, 2.24) is 14.7 Å². The number of halogens is 3. The molecule has 1 N–H and O–H groups in total. The van der Waals surface area contributed by atoms with Crippen molar-refractivity contribution < 1.29 is 22.8 Å². The van der Waals surface area contributed by atoms with Crippen molar-refractivity contribution >= 4 is 17.6 Å². The van der Waals surface area contributed by atoms with E-state index in [0.717, 1.165) is 46.8 Å². The van der Waals surface area contributed by atoms with Gasteiger partial charge in [-0.3, -0.25) is 9.59 Å². The largest absolute Gasteiger partial charge is 0.416 e. The van der Waals surface area contributed by atoms with Gasteiger partial charge in [0, 0.05) is 23.6 Å². The number of alkyl halides is 3. The summed E-state index contributed by atoms with van der Waals surface area (Å²) in [6.45, 7) is 11.9. The van der Waals surface area contributed by atoms with E-state index < -0.39 is 23.6 Å². The minimum atomic E-state index is -4.49. The monoisotopic (exact) mass is 514 g/mol. The summed E-state index contributed by atoms with van der Waals surface area (Å²) in [6, 6.07) is 11.7. The summed E-state index contributed by atoms with van der Waals surface area (Å²) < 4.78 is 40.4. The van der Waals surface area contributed by atoms with Gasteiger partial charge in [-0.05, 0) is 61.7 Å². The van der Waals surface area contributed by atoms with E-state index in [0.29, 0.717) is 12.2 Å². The number of aryl methyl sites for hydroxylation is 1. The van der Waals surface area contributed by atoms with Crippen LogP contribution in [0.3, 0.4) is 0 Å². The molecule has 0 atom stereocenters. The quantitative estimate of drug-likeness (QED) is 0.403. The standard InChI is InChI=1S/C28H33F3N4O2/c1-7-15-34(26(37)20-11-13-21(14-12-20)28(29,30)31)17-25(36)32-24-16-23(27(4,5)6)33-35(24)22-10-8-9-18(2)19(22)3/h8-14,16H,7,15,17H2,1-6H3,(H,32,36). The van der Waals surface area contributed by atoms with Crippen LogP contribution in [-0.2, 0) is 16.4 Å². The number of carbonyl (C=O) groups is 2. The maximum Gasteiger partial charge on any atom is 0.416 e. The molecular formula is C28H33F3N4O2. The second-order valence-corrected chi connectivity index (χ2v) is 10.1. The average molecular weight is 515 g/mol. The molecule has 6 nitrogen and oxygen atoms in total. The first-order valence-electron chi connectivity index (χ1n) is 12.2. The van der Waals surface area contributed by atoms with Gasteiger partial charge in [0.15, 0.2) is 0 Å².